The van der Waals surface area contributed by atoms with Crippen LogP contribution >= 0.6 is 0 Å². The van der Waals surface area contributed by atoms with Crippen LogP contribution in [0.1, 0.15) is 110 Å². The molecule has 1 amide bonds. The molecule has 0 aromatic heterocycles. The molecule has 1 aliphatic heterocycles. The molecular weight excluding hydrogens is 883 g/mol. The van der Waals surface area contributed by atoms with Crippen LogP contribution in [0.5, 0.6) is 0 Å². The van der Waals surface area contributed by atoms with Crippen LogP contribution in [0.2, 0.25) is 0 Å². The van der Waals surface area contributed by atoms with Gasteiger partial charge in [0, 0.05) is 31.8 Å². The summed E-state index contributed by atoms with van der Waals surface area (Å²) in [5.74, 6) is -6.81. The lowest BCUT2D eigenvalue weighted by Crippen LogP contribution is -2.81. The van der Waals surface area contributed by atoms with Crippen molar-refractivity contribution < 1.29 is 77.2 Å². The molecule has 68 heavy (non-hydrogen) atoms. The highest BCUT2D eigenvalue weighted by Crippen LogP contribution is 2.64. The molecule has 0 unspecified atom stereocenters. The molecule has 4 N–H and O–H groups in total. The number of hydrogen-bond acceptors (Lipinski definition) is 16. The first-order valence-electron chi connectivity index (χ1n) is 23.3. The molecule has 6 rings (SSSR count). The molecule has 0 spiro atoms. The Bertz CT molecular complexity index is 2220. The van der Waals surface area contributed by atoms with Gasteiger partial charge in [0.15, 0.2) is 23.3 Å². The fraction of sp³-hybridized carbons (Fsp3) is 0.608. The third-order valence-electron chi connectivity index (χ3n) is 14.2. The van der Waals surface area contributed by atoms with E-state index >= 15 is 9.59 Å². The van der Waals surface area contributed by atoms with E-state index in [0.29, 0.717) is 17.7 Å². The maximum absolute atomic E-state index is 15.2. The summed E-state index contributed by atoms with van der Waals surface area (Å²) in [5.41, 5.74) is -7.81. The van der Waals surface area contributed by atoms with Gasteiger partial charge in [-0.25, -0.2) is 14.4 Å². The van der Waals surface area contributed by atoms with Gasteiger partial charge in [0.25, 0.3) is 0 Å². The summed E-state index contributed by atoms with van der Waals surface area (Å²) in [6.07, 6.45) is -9.24. The Hall–Kier alpha value is -5.04. The van der Waals surface area contributed by atoms with Gasteiger partial charge in [0.1, 0.15) is 42.2 Å². The number of nitrogens with one attached hydrogen (secondary N) is 1. The summed E-state index contributed by atoms with van der Waals surface area (Å²) in [6.45, 7) is 14.2. The van der Waals surface area contributed by atoms with E-state index in [1.807, 2.05) is 6.92 Å². The summed E-state index contributed by atoms with van der Waals surface area (Å²) in [6, 6.07) is 14.9. The third-order valence-corrected chi connectivity index (χ3v) is 14.2. The minimum absolute atomic E-state index is 0.0222. The van der Waals surface area contributed by atoms with E-state index in [4.69, 9.17) is 33.2 Å². The van der Waals surface area contributed by atoms with Crippen molar-refractivity contribution in [1.29, 1.82) is 0 Å². The number of benzene rings is 2. The number of amides is 1. The second-order valence-corrected chi connectivity index (χ2v) is 20.1. The fourth-order valence-electron chi connectivity index (χ4n) is 10.8. The number of fused-ring (bicyclic) bond motifs is 5. The van der Waals surface area contributed by atoms with Gasteiger partial charge in [-0.3, -0.25) is 14.4 Å². The predicted octanol–water partition coefficient (Wildman–Crippen LogP) is 4.92. The minimum Gasteiger partial charge on any atom is -0.455 e. The van der Waals surface area contributed by atoms with Crippen molar-refractivity contribution in [2.75, 3.05) is 33.0 Å². The van der Waals surface area contributed by atoms with Gasteiger partial charge >= 0.3 is 24.0 Å². The lowest BCUT2D eigenvalue weighted by atomic mass is 9.44. The number of ether oxygens (including phenoxy) is 7. The maximum atomic E-state index is 15.2. The number of carbonyl (C=O) groups excluding carboxylic acids is 6. The largest absolute Gasteiger partial charge is 0.455 e. The number of allylic oxidation sites excluding steroid dienone is 1. The van der Waals surface area contributed by atoms with Crippen molar-refractivity contribution in [2.24, 2.45) is 22.7 Å². The summed E-state index contributed by atoms with van der Waals surface area (Å²) < 4.78 is 40.9. The van der Waals surface area contributed by atoms with Crippen LogP contribution in [0.4, 0.5) is 4.79 Å². The van der Waals surface area contributed by atoms with E-state index in [1.165, 1.54) is 26.0 Å². The highest BCUT2D eigenvalue weighted by atomic mass is 16.6. The zero-order valence-corrected chi connectivity index (χ0v) is 40.4. The SMILES string of the molecule is CCCOCCOCC(=O)O[C@@H](C(=O)C[C@H]1C[C@@]2(O)[C@@H](OC(=O)c3ccccc3)[C@@H]3[C@]4(OC(C)=O)CO[C@@H]4C[C@H](O)[C@@]3(C)C(=O)[C@H](O)C(=C1C)C2(C)C)[C@@H](NC(=O)OC(C)(C)C)c1ccccc1. The van der Waals surface area contributed by atoms with E-state index in [1.54, 1.807) is 90.1 Å². The second kappa shape index (κ2) is 20.5. The topological polar surface area (TPSA) is 240 Å². The van der Waals surface area contributed by atoms with Crippen molar-refractivity contribution >= 4 is 35.6 Å². The van der Waals surface area contributed by atoms with E-state index < -0.39 is 125 Å². The first-order valence-corrected chi connectivity index (χ1v) is 23.3. The van der Waals surface area contributed by atoms with Crippen LogP contribution in [0.3, 0.4) is 0 Å². The zero-order valence-electron chi connectivity index (χ0n) is 40.4. The average molecular weight is 950 g/mol. The Labute approximate surface area is 397 Å². The summed E-state index contributed by atoms with van der Waals surface area (Å²) in [5, 5.41) is 41.0. The Morgan fingerprint density at radius 1 is 0.926 bits per heavy atom. The van der Waals surface area contributed by atoms with E-state index in [2.05, 4.69) is 5.32 Å². The number of esters is 3. The van der Waals surface area contributed by atoms with Crippen molar-refractivity contribution in [3.63, 3.8) is 0 Å². The highest BCUT2D eigenvalue weighted by molar-refractivity contribution is 5.94. The lowest BCUT2D eigenvalue weighted by Gasteiger charge is -2.67. The number of alkyl carbamates (subject to hydrolysis) is 1. The van der Waals surface area contributed by atoms with Crippen molar-refractivity contribution in [3.8, 4) is 0 Å². The van der Waals surface area contributed by atoms with Crippen LogP contribution in [0.25, 0.3) is 0 Å². The number of aliphatic hydroxyl groups excluding tert-OH is 2. The van der Waals surface area contributed by atoms with Gasteiger partial charge in [-0.05, 0) is 76.6 Å². The molecule has 4 aliphatic rings. The first-order chi connectivity index (χ1) is 31.9. The molecule has 372 valence electrons. The third kappa shape index (κ3) is 10.1. The highest BCUT2D eigenvalue weighted by Gasteiger charge is 2.77. The Morgan fingerprint density at radius 3 is 2.15 bits per heavy atom. The number of rotatable bonds is 17. The molecule has 17 nitrogen and oxygen atoms in total. The van der Waals surface area contributed by atoms with Crippen LogP contribution < -0.4 is 5.32 Å². The van der Waals surface area contributed by atoms with Crippen molar-refractivity contribution in [3.05, 3.63) is 82.9 Å². The molecule has 0 radical (unpaired) electrons. The molecule has 2 aromatic rings. The van der Waals surface area contributed by atoms with Gasteiger partial charge < -0.3 is 53.8 Å². The lowest BCUT2D eigenvalue weighted by molar-refractivity contribution is -0.345. The predicted molar refractivity (Wildman–Crippen MR) is 243 cm³/mol. The molecule has 1 saturated heterocycles. The summed E-state index contributed by atoms with van der Waals surface area (Å²) >= 11 is 0. The molecule has 3 fully saturated rings. The molecule has 1 heterocycles. The molecule has 17 heteroatoms. The Balaban J connectivity index is 1.48. The van der Waals surface area contributed by atoms with Gasteiger partial charge in [0.2, 0.25) is 0 Å². The monoisotopic (exact) mass is 949 g/mol. The molecule has 11 atom stereocenters. The maximum Gasteiger partial charge on any atom is 0.408 e. The fourth-order valence-corrected chi connectivity index (χ4v) is 10.8. The quantitative estimate of drug-likeness (QED) is 0.0713. The molecule has 2 bridgehead atoms. The molecule has 2 aromatic carbocycles. The number of ketones is 2. The van der Waals surface area contributed by atoms with E-state index in [0.717, 1.165) is 6.42 Å². The van der Waals surface area contributed by atoms with Gasteiger partial charge in [-0.2, -0.15) is 0 Å². The standard InChI is InChI=1S/C51H67NO16/c1-10-21-62-22-23-63-27-37(56)65-41(39(31-17-13-11-14-18-31)52-46(60)68-47(4,5)6)34(54)24-33-26-51(61)44(66-45(59)32-19-15-12-16-20-32)42-49(9,43(58)40(57)38(29(33)2)48(51,7)8)35(55)25-36-50(42,28-64-36)67-30(3)53/h11-20,33,35-36,39-42,44,55,57,61H,10,21-28H2,1-9H3,(H,52,60)/t33-,35-,36+,39-,40+,41-,42-,44-,49+,50-,51+/m0/s1. The Morgan fingerprint density at radius 2 is 1.56 bits per heavy atom. The molecule has 3 aliphatic carbocycles. The normalized spacial score (nSPS) is 30.4. The minimum atomic E-state index is -2.30. The van der Waals surface area contributed by atoms with Gasteiger partial charge in [-0.1, -0.05) is 74.9 Å². The van der Waals surface area contributed by atoms with Gasteiger partial charge in [-0.15, -0.1) is 0 Å². The van der Waals surface area contributed by atoms with Crippen LogP contribution in [-0.4, -0.2) is 131 Å². The molecular formula is C51H67NO16. The van der Waals surface area contributed by atoms with E-state index in [9.17, 15) is 34.5 Å². The van der Waals surface area contributed by atoms with E-state index in [-0.39, 0.29) is 43.8 Å². The number of Topliss-reactive ketones (excluding diaryl/α,β-unsaturated/α-hetero) is 2. The number of aliphatic hydroxyl groups is 3. The summed E-state index contributed by atoms with van der Waals surface area (Å²) in [7, 11) is 0. The number of carbonyl (C=O) groups is 6. The average Bonchev–Trinajstić information content (AvgIpc) is 3.27. The van der Waals surface area contributed by atoms with Crippen LogP contribution in [-0.2, 0) is 52.3 Å². The van der Waals surface area contributed by atoms with Crippen LogP contribution in [0.15, 0.2) is 71.8 Å². The second-order valence-electron chi connectivity index (χ2n) is 20.1. The van der Waals surface area contributed by atoms with Crippen molar-refractivity contribution in [2.45, 2.75) is 141 Å². The smallest absolute Gasteiger partial charge is 0.408 e. The Kier molecular flexibility index (Phi) is 15.8. The zero-order chi connectivity index (χ0) is 50.0. The van der Waals surface area contributed by atoms with Crippen LogP contribution in [0, 0.1) is 22.7 Å². The summed E-state index contributed by atoms with van der Waals surface area (Å²) in [4.78, 5) is 84.9. The van der Waals surface area contributed by atoms with Gasteiger partial charge in [0.05, 0.1) is 42.8 Å². The van der Waals surface area contributed by atoms with Crippen molar-refractivity contribution in [1.82, 2.24) is 5.32 Å². The molecule has 2 saturated carbocycles. The number of hydrogen-bond donors (Lipinski definition) is 4. The first kappa shape index (κ1) is 52.3.